The maximum atomic E-state index is 6.26. The second kappa shape index (κ2) is 8.43. The highest BCUT2D eigenvalue weighted by atomic mass is 35.5. The number of aromatic nitrogens is 1. The summed E-state index contributed by atoms with van der Waals surface area (Å²) in [7, 11) is 3.27. The summed E-state index contributed by atoms with van der Waals surface area (Å²) >= 11 is 7.91. The van der Waals surface area contributed by atoms with E-state index in [9.17, 15) is 0 Å². The summed E-state index contributed by atoms with van der Waals surface area (Å²) in [5.74, 6) is 1.40. The number of aryl methyl sites for hydroxylation is 1. The average Bonchev–Trinajstić information content (AvgIpc) is 3.05. The minimum Gasteiger partial charge on any atom is -0.493 e. The van der Waals surface area contributed by atoms with E-state index in [1.165, 1.54) is 4.88 Å². The number of halogens is 1. The van der Waals surface area contributed by atoms with Gasteiger partial charge in [-0.3, -0.25) is 0 Å². The lowest BCUT2D eigenvalue weighted by molar-refractivity contribution is 0.355. The Kier molecular flexibility index (Phi) is 6.01. The van der Waals surface area contributed by atoms with Gasteiger partial charge >= 0.3 is 0 Å². The number of para-hydroxylation sites is 1. The normalized spacial score (nSPS) is 10.6. The van der Waals surface area contributed by atoms with E-state index in [0.717, 1.165) is 34.9 Å². The van der Waals surface area contributed by atoms with Crippen molar-refractivity contribution >= 4 is 33.8 Å². The molecule has 0 aliphatic rings. The summed E-state index contributed by atoms with van der Waals surface area (Å²) < 4.78 is 10.8. The Morgan fingerprint density at radius 3 is 2.54 bits per heavy atom. The molecule has 2 aromatic carbocycles. The number of nitrogens with zero attached hydrogens (tertiary/aromatic N) is 1. The first-order chi connectivity index (χ1) is 12.7. The lowest BCUT2D eigenvalue weighted by atomic mass is 10.1. The number of ether oxygens (including phenoxy) is 2. The Hall–Kier alpha value is -2.24. The van der Waals surface area contributed by atoms with Gasteiger partial charge in [0.1, 0.15) is 0 Å². The van der Waals surface area contributed by atoms with Crippen molar-refractivity contribution in [2.24, 2.45) is 0 Å². The third kappa shape index (κ3) is 3.94. The van der Waals surface area contributed by atoms with E-state index in [2.05, 4.69) is 12.2 Å². The maximum absolute atomic E-state index is 6.26. The van der Waals surface area contributed by atoms with Crippen LogP contribution in [0.25, 0.3) is 11.3 Å². The average molecular weight is 389 g/mol. The minimum atomic E-state index is 0.674. The number of nitrogens with one attached hydrogen (secondary N) is 1. The molecule has 3 aromatic rings. The Morgan fingerprint density at radius 2 is 1.85 bits per heavy atom. The van der Waals surface area contributed by atoms with Crippen LogP contribution in [0, 0.1) is 0 Å². The van der Waals surface area contributed by atoms with Gasteiger partial charge in [-0.05, 0) is 36.8 Å². The van der Waals surface area contributed by atoms with E-state index >= 15 is 0 Å². The molecule has 3 rings (SSSR count). The molecule has 0 atom stereocenters. The molecule has 0 spiro atoms. The number of anilines is 2. The molecule has 0 aliphatic carbocycles. The van der Waals surface area contributed by atoms with Crippen LogP contribution in [0.4, 0.5) is 10.8 Å². The molecule has 0 fully saturated rings. The predicted molar refractivity (Wildman–Crippen MR) is 109 cm³/mol. The summed E-state index contributed by atoms with van der Waals surface area (Å²) in [5, 5.41) is 4.83. The molecule has 1 aromatic heterocycles. The Morgan fingerprint density at radius 1 is 1.08 bits per heavy atom. The van der Waals surface area contributed by atoms with E-state index in [-0.39, 0.29) is 0 Å². The van der Waals surface area contributed by atoms with Crippen LogP contribution < -0.4 is 14.8 Å². The fourth-order valence-electron chi connectivity index (χ4n) is 2.69. The predicted octanol–water partition coefficient (Wildman–Crippen LogP) is 6.18. The van der Waals surface area contributed by atoms with Gasteiger partial charge in [0, 0.05) is 10.4 Å². The van der Waals surface area contributed by atoms with Crippen molar-refractivity contribution in [1.29, 1.82) is 0 Å². The van der Waals surface area contributed by atoms with Crippen LogP contribution >= 0.6 is 22.9 Å². The standard InChI is InChI=1S/C20H21ClN2O2S/c1-4-7-18-19(13-10-11-16(24-2)17(12-13)25-3)23-20(26-18)22-15-9-6-5-8-14(15)21/h5-6,8-12H,4,7H2,1-3H3,(H,22,23). The van der Waals surface area contributed by atoms with Crippen molar-refractivity contribution in [2.75, 3.05) is 19.5 Å². The van der Waals surface area contributed by atoms with Gasteiger partial charge in [0.05, 0.1) is 30.6 Å². The number of benzene rings is 2. The second-order valence-electron chi connectivity index (χ2n) is 5.72. The monoisotopic (exact) mass is 388 g/mol. The van der Waals surface area contributed by atoms with Crippen LogP contribution in [0.2, 0.25) is 5.02 Å². The van der Waals surface area contributed by atoms with Gasteiger partial charge in [-0.1, -0.05) is 37.1 Å². The summed E-state index contributed by atoms with van der Waals surface area (Å²) in [5.41, 5.74) is 2.83. The molecule has 1 N–H and O–H groups in total. The van der Waals surface area contributed by atoms with Crippen LogP contribution in [0.3, 0.4) is 0 Å². The summed E-state index contributed by atoms with van der Waals surface area (Å²) in [4.78, 5) is 6.05. The van der Waals surface area contributed by atoms with Crippen LogP contribution in [0.1, 0.15) is 18.2 Å². The number of rotatable bonds is 7. The number of hydrogen-bond donors (Lipinski definition) is 1. The molecule has 0 amide bonds. The highest BCUT2D eigenvalue weighted by Gasteiger charge is 2.15. The van der Waals surface area contributed by atoms with Crippen molar-refractivity contribution in [3.63, 3.8) is 0 Å². The van der Waals surface area contributed by atoms with Gasteiger partial charge in [-0.2, -0.15) is 0 Å². The van der Waals surface area contributed by atoms with Gasteiger partial charge in [0.15, 0.2) is 16.6 Å². The molecule has 0 bridgehead atoms. The second-order valence-corrected chi connectivity index (χ2v) is 7.21. The molecule has 1 heterocycles. The molecule has 6 heteroatoms. The first-order valence-corrected chi connectivity index (χ1v) is 9.59. The third-order valence-corrected chi connectivity index (χ3v) is 5.31. The molecule has 0 unspecified atom stereocenters. The van der Waals surface area contributed by atoms with Gasteiger partial charge in [0.25, 0.3) is 0 Å². The van der Waals surface area contributed by atoms with Crippen LogP contribution in [0.5, 0.6) is 11.5 Å². The largest absolute Gasteiger partial charge is 0.493 e. The number of thiazole rings is 1. The van der Waals surface area contributed by atoms with Crippen molar-refractivity contribution < 1.29 is 9.47 Å². The Balaban J connectivity index is 1.99. The molecule has 136 valence electrons. The first-order valence-electron chi connectivity index (χ1n) is 8.40. The summed E-state index contributed by atoms with van der Waals surface area (Å²) in [6, 6.07) is 13.5. The smallest absolute Gasteiger partial charge is 0.188 e. The van der Waals surface area contributed by atoms with Gasteiger partial charge < -0.3 is 14.8 Å². The summed E-state index contributed by atoms with van der Waals surface area (Å²) in [6.07, 6.45) is 2.01. The maximum Gasteiger partial charge on any atom is 0.188 e. The molecule has 0 saturated carbocycles. The van der Waals surface area contributed by atoms with E-state index in [0.29, 0.717) is 16.5 Å². The quantitative estimate of drug-likeness (QED) is 0.525. The molecular formula is C20H21ClN2O2S. The lowest BCUT2D eigenvalue weighted by Crippen LogP contribution is -1.93. The summed E-state index contributed by atoms with van der Waals surface area (Å²) in [6.45, 7) is 2.17. The van der Waals surface area contributed by atoms with E-state index in [1.54, 1.807) is 25.6 Å². The molecule has 26 heavy (non-hydrogen) atoms. The first kappa shape index (κ1) is 18.5. The molecular weight excluding hydrogens is 368 g/mol. The van der Waals surface area contributed by atoms with E-state index in [1.807, 2.05) is 42.5 Å². The fourth-order valence-corrected chi connectivity index (χ4v) is 3.97. The van der Waals surface area contributed by atoms with Crippen LogP contribution in [-0.2, 0) is 6.42 Å². The van der Waals surface area contributed by atoms with Gasteiger partial charge in [-0.15, -0.1) is 11.3 Å². The zero-order valence-electron chi connectivity index (χ0n) is 15.0. The topological polar surface area (TPSA) is 43.4 Å². The Labute approximate surface area is 162 Å². The van der Waals surface area contributed by atoms with Crippen LogP contribution in [0.15, 0.2) is 42.5 Å². The van der Waals surface area contributed by atoms with Crippen molar-refractivity contribution in [3.05, 3.63) is 52.4 Å². The van der Waals surface area contributed by atoms with Crippen molar-refractivity contribution in [2.45, 2.75) is 19.8 Å². The molecule has 0 aliphatic heterocycles. The van der Waals surface area contributed by atoms with Crippen molar-refractivity contribution in [1.82, 2.24) is 4.98 Å². The van der Waals surface area contributed by atoms with E-state index in [4.69, 9.17) is 26.1 Å². The third-order valence-electron chi connectivity index (χ3n) is 3.95. The van der Waals surface area contributed by atoms with Gasteiger partial charge in [-0.25, -0.2) is 4.98 Å². The van der Waals surface area contributed by atoms with Crippen LogP contribution in [-0.4, -0.2) is 19.2 Å². The zero-order valence-corrected chi connectivity index (χ0v) is 16.6. The number of methoxy groups -OCH3 is 2. The molecule has 0 saturated heterocycles. The van der Waals surface area contributed by atoms with E-state index < -0.39 is 0 Å². The van der Waals surface area contributed by atoms with Gasteiger partial charge in [0.2, 0.25) is 0 Å². The molecule has 4 nitrogen and oxygen atoms in total. The zero-order chi connectivity index (χ0) is 18.5. The Bertz CT molecular complexity index is 895. The van der Waals surface area contributed by atoms with Crippen molar-refractivity contribution in [3.8, 4) is 22.8 Å². The SMILES string of the molecule is CCCc1sc(Nc2ccccc2Cl)nc1-c1ccc(OC)c(OC)c1. The highest BCUT2D eigenvalue weighted by Crippen LogP contribution is 2.38. The highest BCUT2D eigenvalue weighted by molar-refractivity contribution is 7.16. The molecule has 0 radical (unpaired) electrons. The lowest BCUT2D eigenvalue weighted by Gasteiger charge is -2.09. The fraction of sp³-hybridized carbons (Fsp3) is 0.250. The minimum absolute atomic E-state index is 0.674. The number of hydrogen-bond acceptors (Lipinski definition) is 5.